The maximum Gasteiger partial charge on any atom is 0.159 e. The third kappa shape index (κ3) is 6.68. The minimum absolute atomic E-state index is 0.230. The number of aryl methyl sites for hydroxylation is 1. The van der Waals surface area contributed by atoms with Crippen LogP contribution in [0.25, 0.3) is 11.4 Å². The van der Waals surface area contributed by atoms with Crippen LogP contribution < -0.4 is 0 Å². The highest BCUT2D eigenvalue weighted by Gasteiger charge is 2.20. The molecular weight excluding hydrogens is 347 g/mol. The Morgan fingerprint density at radius 1 is 0.821 bits per heavy atom. The van der Waals surface area contributed by atoms with Crippen molar-refractivity contribution < 1.29 is 4.39 Å². The first-order chi connectivity index (χ1) is 13.7. The molecule has 2 aromatic rings. The second kappa shape index (κ2) is 11.3. The Bertz CT molecular complexity index is 673. The number of hydrogen-bond acceptors (Lipinski definition) is 2. The average molecular weight is 383 g/mol. The molecule has 0 N–H and O–H groups in total. The lowest BCUT2D eigenvalue weighted by Gasteiger charge is -2.28. The van der Waals surface area contributed by atoms with Gasteiger partial charge in [-0.25, -0.2) is 14.4 Å². The number of rotatable bonds is 10. The summed E-state index contributed by atoms with van der Waals surface area (Å²) in [5.74, 6) is 2.29. The van der Waals surface area contributed by atoms with Crippen LogP contribution in [0.15, 0.2) is 36.7 Å². The lowest BCUT2D eigenvalue weighted by Crippen LogP contribution is -2.15. The number of unbranched alkanes of at least 4 members (excludes halogenated alkanes) is 4. The summed E-state index contributed by atoms with van der Waals surface area (Å²) >= 11 is 0. The predicted octanol–water partition coefficient (Wildman–Crippen LogP) is 7.38. The molecule has 1 heterocycles. The number of hydrogen-bond donors (Lipinski definition) is 0. The van der Waals surface area contributed by atoms with Gasteiger partial charge in [0.1, 0.15) is 5.82 Å². The van der Waals surface area contributed by atoms with E-state index in [0.717, 1.165) is 23.8 Å². The molecule has 28 heavy (non-hydrogen) atoms. The molecule has 0 amide bonds. The molecule has 0 atom stereocenters. The summed E-state index contributed by atoms with van der Waals surface area (Å²) in [6.07, 6.45) is 20.3. The van der Waals surface area contributed by atoms with Crippen LogP contribution in [0.5, 0.6) is 0 Å². The summed E-state index contributed by atoms with van der Waals surface area (Å²) in [4.78, 5) is 8.95. The van der Waals surface area contributed by atoms with E-state index in [-0.39, 0.29) is 5.82 Å². The molecule has 1 aliphatic rings. The molecule has 0 bridgehead atoms. The lowest BCUT2D eigenvalue weighted by atomic mass is 9.78. The molecule has 2 nitrogen and oxygen atoms in total. The fourth-order valence-corrected chi connectivity index (χ4v) is 4.45. The Hall–Kier alpha value is -1.77. The van der Waals surface area contributed by atoms with Crippen LogP contribution in [0, 0.1) is 17.7 Å². The van der Waals surface area contributed by atoms with Crippen LogP contribution in [0.3, 0.4) is 0 Å². The molecule has 0 spiro atoms. The van der Waals surface area contributed by atoms with Crippen LogP contribution in [0.4, 0.5) is 4.39 Å². The van der Waals surface area contributed by atoms with E-state index in [0.29, 0.717) is 5.82 Å². The van der Waals surface area contributed by atoms with Crippen molar-refractivity contribution in [1.82, 2.24) is 9.97 Å². The third-order valence-corrected chi connectivity index (χ3v) is 6.33. The fraction of sp³-hybridized carbons (Fsp3) is 0.600. The topological polar surface area (TPSA) is 25.8 Å². The zero-order valence-corrected chi connectivity index (χ0v) is 17.4. The van der Waals surface area contributed by atoms with E-state index in [4.69, 9.17) is 0 Å². The van der Waals surface area contributed by atoms with E-state index in [1.807, 2.05) is 12.4 Å². The highest BCUT2D eigenvalue weighted by atomic mass is 19.1. The molecule has 152 valence electrons. The largest absolute Gasteiger partial charge is 0.236 e. The summed E-state index contributed by atoms with van der Waals surface area (Å²) < 4.78 is 13.0. The first kappa shape index (κ1) is 21.0. The van der Waals surface area contributed by atoms with Crippen LogP contribution in [0.1, 0.15) is 83.1 Å². The van der Waals surface area contributed by atoms with E-state index in [1.54, 1.807) is 12.1 Å². The summed E-state index contributed by atoms with van der Waals surface area (Å²) in [5.41, 5.74) is 2.07. The standard InChI is InChI=1S/C25H35FN2/c1-2-3-4-5-6-7-20-8-10-21(11-9-20)12-13-22-18-27-25(28-19-22)23-14-16-24(26)17-15-23/h14-21H,2-13H2,1H3/t20-,21-. The van der Waals surface area contributed by atoms with Gasteiger partial charge in [-0.05, 0) is 54.5 Å². The van der Waals surface area contributed by atoms with E-state index < -0.39 is 0 Å². The Balaban J connectivity index is 1.35. The summed E-state index contributed by atoms with van der Waals surface area (Å²) in [7, 11) is 0. The molecule has 1 fully saturated rings. The molecule has 1 aliphatic carbocycles. The van der Waals surface area contributed by atoms with Crippen LogP contribution >= 0.6 is 0 Å². The van der Waals surface area contributed by atoms with Gasteiger partial charge in [0.25, 0.3) is 0 Å². The van der Waals surface area contributed by atoms with Gasteiger partial charge in [0.2, 0.25) is 0 Å². The normalized spacial score (nSPS) is 19.6. The fourth-order valence-electron chi connectivity index (χ4n) is 4.45. The van der Waals surface area contributed by atoms with E-state index >= 15 is 0 Å². The van der Waals surface area contributed by atoms with Gasteiger partial charge in [0.05, 0.1) is 0 Å². The van der Waals surface area contributed by atoms with Crippen molar-refractivity contribution >= 4 is 0 Å². The summed E-state index contributed by atoms with van der Waals surface area (Å²) in [5, 5.41) is 0. The van der Waals surface area contributed by atoms with Gasteiger partial charge in [0, 0.05) is 18.0 Å². The van der Waals surface area contributed by atoms with Crippen molar-refractivity contribution in [1.29, 1.82) is 0 Å². The van der Waals surface area contributed by atoms with Gasteiger partial charge in [-0.3, -0.25) is 0 Å². The summed E-state index contributed by atoms with van der Waals surface area (Å²) in [6.45, 7) is 2.29. The minimum atomic E-state index is -0.230. The molecule has 1 aromatic heterocycles. The van der Waals surface area contributed by atoms with Crippen molar-refractivity contribution in [2.45, 2.75) is 84.0 Å². The first-order valence-corrected chi connectivity index (χ1v) is 11.3. The van der Waals surface area contributed by atoms with Crippen molar-refractivity contribution in [3.8, 4) is 11.4 Å². The molecule has 0 unspecified atom stereocenters. The quantitative estimate of drug-likeness (QED) is 0.400. The Labute approximate surface area is 170 Å². The first-order valence-electron chi connectivity index (χ1n) is 11.3. The number of benzene rings is 1. The molecule has 3 heteroatoms. The van der Waals surface area contributed by atoms with E-state index in [9.17, 15) is 4.39 Å². The predicted molar refractivity (Wildman–Crippen MR) is 115 cm³/mol. The van der Waals surface area contributed by atoms with Gasteiger partial charge in [-0.15, -0.1) is 0 Å². The molecule has 0 aliphatic heterocycles. The molecular formula is C25H35FN2. The second-order valence-electron chi connectivity index (χ2n) is 8.55. The number of nitrogens with zero attached hydrogens (tertiary/aromatic N) is 2. The summed E-state index contributed by atoms with van der Waals surface area (Å²) in [6, 6.07) is 6.36. The Morgan fingerprint density at radius 3 is 2.07 bits per heavy atom. The van der Waals surface area contributed by atoms with Gasteiger partial charge < -0.3 is 0 Å². The molecule has 0 radical (unpaired) electrons. The van der Waals surface area contributed by atoms with Crippen LogP contribution in [-0.4, -0.2) is 9.97 Å². The van der Waals surface area contributed by atoms with Crippen LogP contribution in [-0.2, 0) is 6.42 Å². The second-order valence-corrected chi connectivity index (χ2v) is 8.55. The lowest BCUT2D eigenvalue weighted by molar-refractivity contribution is 0.248. The van der Waals surface area contributed by atoms with E-state index in [2.05, 4.69) is 16.9 Å². The maximum atomic E-state index is 13.0. The van der Waals surface area contributed by atoms with Crippen molar-refractivity contribution in [3.05, 3.63) is 48.0 Å². The smallest absolute Gasteiger partial charge is 0.159 e. The monoisotopic (exact) mass is 382 g/mol. The molecule has 0 saturated heterocycles. The van der Waals surface area contributed by atoms with E-state index in [1.165, 1.54) is 88.3 Å². The third-order valence-electron chi connectivity index (χ3n) is 6.33. The highest BCUT2D eigenvalue weighted by molar-refractivity contribution is 5.54. The van der Waals surface area contributed by atoms with Gasteiger partial charge in [-0.1, -0.05) is 71.1 Å². The molecule has 1 saturated carbocycles. The Kier molecular flexibility index (Phi) is 8.44. The van der Waals surface area contributed by atoms with Crippen molar-refractivity contribution in [2.75, 3.05) is 0 Å². The zero-order valence-electron chi connectivity index (χ0n) is 17.4. The van der Waals surface area contributed by atoms with Gasteiger partial charge >= 0.3 is 0 Å². The van der Waals surface area contributed by atoms with Crippen molar-refractivity contribution in [3.63, 3.8) is 0 Å². The number of halogens is 1. The molecule has 1 aromatic carbocycles. The minimum Gasteiger partial charge on any atom is -0.236 e. The van der Waals surface area contributed by atoms with Gasteiger partial charge in [-0.2, -0.15) is 0 Å². The Morgan fingerprint density at radius 2 is 1.43 bits per heavy atom. The maximum absolute atomic E-state index is 13.0. The zero-order chi connectivity index (χ0) is 19.6. The number of aromatic nitrogens is 2. The SMILES string of the molecule is CCCCCCC[C@H]1CC[C@H](CCc2cnc(-c3ccc(F)cc3)nc2)CC1. The van der Waals surface area contributed by atoms with Crippen LogP contribution in [0.2, 0.25) is 0 Å². The van der Waals surface area contributed by atoms with Crippen molar-refractivity contribution in [2.24, 2.45) is 11.8 Å². The molecule has 3 rings (SSSR count). The highest BCUT2D eigenvalue weighted by Crippen LogP contribution is 2.34. The average Bonchev–Trinajstić information content (AvgIpc) is 2.74. The van der Waals surface area contributed by atoms with Gasteiger partial charge in [0.15, 0.2) is 5.82 Å².